The van der Waals surface area contributed by atoms with Crippen molar-refractivity contribution in [3.63, 3.8) is 0 Å². The lowest BCUT2D eigenvalue weighted by Gasteiger charge is -2.36. The number of amides is 2. The summed E-state index contributed by atoms with van der Waals surface area (Å²) in [5.41, 5.74) is 2.55. The largest absolute Gasteiger partial charge is 0.495 e. The van der Waals surface area contributed by atoms with Gasteiger partial charge in [-0.25, -0.2) is 0 Å². The minimum absolute atomic E-state index is 0.0698. The summed E-state index contributed by atoms with van der Waals surface area (Å²) < 4.78 is 6.10. The Morgan fingerprint density at radius 2 is 1.79 bits per heavy atom. The molecule has 172 valence electrons. The lowest BCUT2D eigenvalue weighted by Crippen LogP contribution is -2.49. The van der Waals surface area contributed by atoms with E-state index < -0.39 is 0 Å². The third-order valence-corrected chi connectivity index (χ3v) is 7.35. The van der Waals surface area contributed by atoms with Crippen molar-refractivity contribution in [2.45, 2.75) is 11.3 Å². The molecule has 2 aromatic carbocycles. The van der Waals surface area contributed by atoms with Gasteiger partial charge >= 0.3 is 0 Å². The van der Waals surface area contributed by atoms with E-state index in [-0.39, 0.29) is 17.6 Å². The number of rotatable bonds is 7. The molecule has 10 heteroatoms. The number of piperazine rings is 1. The van der Waals surface area contributed by atoms with Gasteiger partial charge in [-0.1, -0.05) is 53.4 Å². The van der Waals surface area contributed by atoms with Crippen molar-refractivity contribution in [1.82, 2.24) is 15.1 Å². The monoisotopic (exact) mass is 483 g/mol. The van der Waals surface area contributed by atoms with Crippen LogP contribution in [0.2, 0.25) is 0 Å². The number of anilines is 2. The van der Waals surface area contributed by atoms with Crippen LogP contribution in [0, 0.1) is 6.92 Å². The maximum Gasteiger partial charge on any atom is 0.257 e. The zero-order valence-corrected chi connectivity index (χ0v) is 20.1. The summed E-state index contributed by atoms with van der Waals surface area (Å²) in [6.45, 7) is 4.71. The van der Waals surface area contributed by atoms with Crippen LogP contribution in [0.15, 0.2) is 52.9 Å². The van der Waals surface area contributed by atoms with Crippen molar-refractivity contribution >= 4 is 45.7 Å². The minimum atomic E-state index is -0.218. The number of aryl methyl sites for hydroxylation is 1. The highest BCUT2D eigenvalue weighted by Gasteiger charge is 2.23. The predicted molar refractivity (Wildman–Crippen MR) is 132 cm³/mol. The van der Waals surface area contributed by atoms with Crippen LogP contribution in [0.25, 0.3) is 0 Å². The van der Waals surface area contributed by atoms with Gasteiger partial charge in [-0.15, -0.1) is 10.2 Å². The average Bonchev–Trinajstić information content (AvgIpc) is 3.30. The molecule has 1 N–H and O–H groups in total. The Morgan fingerprint density at radius 3 is 2.55 bits per heavy atom. The van der Waals surface area contributed by atoms with Gasteiger partial charge in [-0.3, -0.25) is 14.9 Å². The van der Waals surface area contributed by atoms with E-state index in [1.807, 2.05) is 54.3 Å². The first-order valence-corrected chi connectivity index (χ1v) is 12.3. The fraction of sp³-hybridized carbons (Fsp3) is 0.304. The summed E-state index contributed by atoms with van der Waals surface area (Å²) in [7, 11) is 1.67. The molecule has 0 bridgehead atoms. The molecule has 0 unspecified atom stereocenters. The number of hydrogen-bond acceptors (Lipinski definition) is 8. The highest BCUT2D eigenvalue weighted by molar-refractivity contribution is 8.01. The van der Waals surface area contributed by atoms with Crippen molar-refractivity contribution < 1.29 is 14.3 Å². The molecule has 1 aliphatic heterocycles. The van der Waals surface area contributed by atoms with E-state index in [0.29, 0.717) is 28.1 Å². The molecule has 1 aliphatic rings. The summed E-state index contributed by atoms with van der Waals surface area (Å²) in [5, 5.41) is 11.3. The Kier molecular flexibility index (Phi) is 7.46. The lowest BCUT2D eigenvalue weighted by molar-refractivity contribution is -0.128. The number of methoxy groups -OCH3 is 1. The summed E-state index contributed by atoms with van der Waals surface area (Å²) in [5.74, 6) is 0.981. The van der Waals surface area contributed by atoms with Crippen LogP contribution in [0.4, 0.5) is 10.8 Å². The number of carbonyl (C=O) groups is 2. The molecule has 0 spiro atoms. The fourth-order valence-corrected chi connectivity index (χ4v) is 5.26. The van der Waals surface area contributed by atoms with Gasteiger partial charge in [-0.05, 0) is 30.7 Å². The number of benzene rings is 2. The zero-order chi connectivity index (χ0) is 23.2. The SMILES string of the molecule is COc1ccccc1N1CCN(C(=O)CSc2nnc(NC(=O)c3ccccc3C)s2)CC1. The second-order valence-corrected chi connectivity index (χ2v) is 9.67. The molecule has 1 fully saturated rings. The number of nitrogens with one attached hydrogen (secondary N) is 1. The number of ether oxygens (including phenoxy) is 1. The van der Waals surface area contributed by atoms with Crippen molar-refractivity contribution in [1.29, 1.82) is 0 Å². The van der Waals surface area contributed by atoms with Gasteiger partial charge in [0.2, 0.25) is 11.0 Å². The molecule has 0 aliphatic carbocycles. The number of nitrogens with zero attached hydrogens (tertiary/aromatic N) is 4. The fourth-order valence-electron chi connectivity index (χ4n) is 3.61. The normalized spacial score (nSPS) is 13.6. The third kappa shape index (κ3) is 5.63. The smallest absolute Gasteiger partial charge is 0.257 e. The third-order valence-electron chi connectivity index (χ3n) is 5.39. The number of hydrogen-bond donors (Lipinski definition) is 1. The van der Waals surface area contributed by atoms with Gasteiger partial charge in [0.25, 0.3) is 5.91 Å². The first-order valence-electron chi connectivity index (χ1n) is 10.5. The molecule has 0 atom stereocenters. The first-order chi connectivity index (χ1) is 16.0. The molecule has 1 aromatic heterocycles. The molecule has 2 amide bonds. The number of para-hydroxylation sites is 2. The second kappa shape index (κ2) is 10.7. The zero-order valence-electron chi connectivity index (χ0n) is 18.5. The van der Waals surface area contributed by atoms with Gasteiger partial charge in [0, 0.05) is 31.7 Å². The molecular formula is C23H25N5O3S2. The Hall–Kier alpha value is -3.11. The Morgan fingerprint density at radius 1 is 1.06 bits per heavy atom. The maximum atomic E-state index is 12.7. The van der Waals surface area contributed by atoms with E-state index in [1.54, 1.807) is 13.2 Å². The average molecular weight is 484 g/mol. The molecule has 0 saturated carbocycles. The van der Waals surface area contributed by atoms with Crippen LogP contribution in [0.1, 0.15) is 15.9 Å². The van der Waals surface area contributed by atoms with Crippen LogP contribution >= 0.6 is 23.1 Å². The Balaban J connectivity index is 1.26. The van der Waals surface area contributed by atoms with E-state index in [1.165, 1.54) is 23.1 Å². The van der Waals surface area contributed by atoms with E-state index in [0.717, 1.165) is 30.1 Å². The van der Waals surface area contributed by atoms with Crippen LogP contribution in [-0.2, 0) is 4.79 Å². The first kappa shape index (κ1) is 23.1. The van der Waals surface area contributed by atoms with Crippen LogP contribution in [0.3, 0.4) is 0 Å². The second-order valence-electron chi connectivity index (χ2n) is 7.47. The maximum absolute atomic E-state index is 12.7. The van der Waals surface area contributed by atoms with E-state index in [2.05, 4.69) is 20.4 Å². The predicted octanol–water partition coefficient (Wildman–Crippen LogP) is 3.55. The molecule has 8 nitrogen and oxygen atoms in total. The summed E-state index contributed by atoms with van der Waals surface area (Å²) >= 11 is 2.61. The molecule has 3 aromatic rings. The summed E-state index contributed by atoms with van der Waals surface area (Å²) in [4.78, 5) is 29.2. The molecule has 33 heavy (non-hydrogen) atoms. The number of thioether (sulfide) groups is 1. The standard InChI is InChI=1S/C23H25N5O3S2/c1-16-7-3-4-8-17(16)21(30)24-22-25-26-23(33-22)32-15-20(29)28-13-11-27(12-14-28)18-9-5-6-10-19(18)31-2/h3-10H,11-15H2,1-2H3,(H,24,25,30). The van der Waals surface area contributed by atoms with Crippen LogP contribution in [-0.4, -0.2) is 66.0 Å². The van der Waals surface area contributed by atoms with Gasteiger partial charge in [0.15, 0.2) is 4.34 Å². The minimum Gasteiger partial charge on any atom is -0.495 e. The quantitative estimate of drug-likeness (QED) is 0.406. The highest BCUT2D eigenvalue weighted by Crippen LogP contribution is 2.29. The molecule has 2 heterocycles. The van der Waals surface area contributed by atoms with Gasteiger partial charge in [0.05, 0.1) is 18.6 Å². The van der Waals surface area contributed by atoms with Gasteiger partial charge in [0.1, 0.15) is 5.75 Å². The van der Waals surface area contributed by atoms with Crippen LogP contribution in [0.5, 0.6) is 5.75 Å². The Labute approximate surface area is 201 Å². The molecule has 0 radical (unpaired) electrons. The molecule has 1 saturated heterocycles. The topological polar surface area (TPSA) is 87.7 Å². The van der Waals surface area contributed by atoms with Gasteiger partial charge in [-0.2, -0.15) is 0 Å². The lowest BCUT2D eigenvalue weighted by atomic mass is 10.1. The van der Waals surface area contributed by atoms with E-state index >= 15 is 0 Å². The number of carbonyl (C=O) groups excluding carboxylic acids is 2. The van der Waals surface area contributed by atoms with Crippen molar-refractivity contribution in [3.8, 4) is 5.75 Å². The molecular weight excluding hydrogens is 458 g/mol. The van der Waals surface area contributed by atoms with Crippen LogP contribution < -0.4 is 15.0 Å². The van der Waals surface area contributed by atoms with E-state index in [9.17, 15) is 9.59 Å². The van der Waals surface area contributed by atoms with Crippen molar-refractivity contribution in [2.24, 2.45) is 0 Å². The van der Waals surface area contributed by atoms with Crippen molar-refractivity contribution in [2.75, 3.05) is 49.3 Å². The van der Waals surface area contributed by atoms with E-state index in [4.69, 9.17) is 4.74 Å². The van der Waals surface area contributed by atoms with Gasteiger partial charge < -0.3 is 14.5 Å². The summed E-state index contributed by atoms with van der Waals surface area (Å²) in [6.07, 6.45) is 0. The summed E-state index contributed by atoms with van der Waals surface area (Å²) in [6, 6.07) is 15.3. The van der Waals surface area contributed by atoms with Crippen molar-refractivity contribution in [3.05, 3.63) is 59.7 Å². The molecule has 4 rings (SSSR count). The number of aromatic nitrogens is 2. The highest BCUT2D eigenvalue weighted by atomic mass is 32.2. The Bertz CT molecular complexity index is 1130.